The smallest absolute Gasteiger partial charge is 0.354 e. The maximum Gasteiger partial charge on any atom is 0.449 e. The van der Waals surface area contributed by atoms with Gasteiger partial charge in [-0.3, -0.25) is 0 Å². The van der Waals surface area contributed by atoms with Crippen molar-refractivity contribution in [1.29, 1.82) is 0 Å². The zero-order valence-corrected chi connectivity index (χ0v) is 14.8. The van der Waals surface area contributed by atoms with Gasteiger partial charge in [-0.25, -0.2) is 8.78 Å². The quantitative estimate of drug-likeness (QED) is 0.537. The van der Waals surface area contributed by atoms with Crippen molar-refractivity contribution in [3.05, 3.63) is 0 Å². The molecule has 4 aliphatic carbocycles. The molecule has 5 rings (SSSR count). The lowest BCUT2D eigenvalue weighted by atomic mass is 9.61. The van der Waals surface area contributed by atoms with Gasteiger partial charge in [0.2, 0.25) is 0 Å². The van der Waals surface area contributed by atoms with E-state index < -0.39 is 30.4 Å². The Morgan fingerprint density at radius 3 is 2.04 bits per heavy atom. The Labute approximate surface area is 149 Å². The Morgan fingerprint density at radius 1 is 0.885 bits per heavy atom. The average Bonchev–Trinajstić information content (AvgIpc) is 3.27. The van der Waals surface area contributed by atoms with Gasteiger partial charge in [0.15, 0.2) is 0 Å². The highest BCUT2D eigenvalue weighted by Gasteiger charge is 2.77. The summed E-state index contributed by atoms with van der Waals surface area (Å²) in [7, 11) is 0. The Kier molecular flexibility index (Phi) is 3.35. The third-order valence-electron chi connectivity index (χ3n) is 9.03. The fourth-order valence-electron chi connectivity index (χ4n) is 7.96. The van der Waals surface area contributed by atoms with Crippen LogP contribution in [0.25, 0.3) is 0 Å². The van der Waals surface area contributed by atoms with E-state index in [1.807, 2.05) is 0 Å². The molecule has 0 aromatic carbocycles. The molecule has 5 aliphatic rings. The normalized spacial score (nSPS) is 60.0. The van der Waals surface area contributed by atoms with Crippen LogP contribution in [0.2, 0.25) is 0 Å². The average molecular weight is 380 g/mol. The largest absolute Gasteiger partial charge is 0.449 e. The monoisotopic (exact) mass is 380 g/mol. The molecule has 5 fully saturated rings. The molecule has 7 heteroatoms. The molecule has 2 nitrogen and oxygen atoms in total. The van der Waals surface area contributed by atoms with Crippen molar-refractivity contribution >= 4 is 0 Å². The molecular weight excluding hydrogens is 355 g/mol. The van der Waals surface area contributed by atoms with Crippen LogP contribution in [0.3, 0.4) is 0 Å². The van der Waals surface area contributed by atoms with Gasteiger partial charge in [0.1, 0.15) is 0 Å². The fourth-order valence-corrected chi connectivity index (χ4v) is 7.96. The van der Waals surface area contributed by atoms with Crippen LogP contribution in [0.4, 0.5) is 22.0 Å². The van der Waals surface area contributed by atoms with Crippen LogP contribution >= 0.6 is 0 Å². The minimum Gasteiger partial charge on any atom is -0.354 e. The molecule has 11 unspecified atom stereocenters. The zero-order chi connectivity index (χ0) is 18.8. The second-order valence-corrected chi connectivity index (χ2v) is 9.70. The topological polar surface area (TPSA) is 29.5 Å². The molecule has 0 radical (unpaired) electrons. The van der Waals surface area contributed by atoms with E-state index in [-0.39, 0.29) is 11.8 Å². The van der Waals surface area contributed by atoms with Crippen LogP contribution < -0.4 is 0 Å². The molecule has 0 amide bonds. The number of rotatable bonds is 1. The lowest BCUT2D eigenvalue weighted by Gasteiger charge is -2.44. The SMILES string of the molecule is CC1C(C)C2CC1C1C3CC(C4CC(F)(F)C(O)(C(F)(F)F)O4)C(C3)C21. The first-order chi connectivity index (χ1) is 12.0. The summed E-state index contributed by atoms with van der Waals surface area (Å²) in [6.45, 7) is 4.56. The highest BCUT2D eigenvalue weighted by atomic mass is 19.4. The van der Waals surface area contributed by atoms with Crippen molar-refractivity contribution in [3.63, 3.8) is 0 Å². The third kappa shape index (κ3) is 1.90. The highest BCUT2D eigenvalue weighted by molar-refractivity contribution is 5.15. The van der Waals surface area contributed by atoms with E-state index in [2.05, 4.69) is 13.8 Å². The first-order valence-corrected chi connectivity index (χ1v) is 9.81. The van der Waals surface area contributed by atoms with Crippen LogP contribution in [0, 0.1) is 53.3 Å². The van der Waals surface area contributed by atoms with E-state index in [4.69, 9.17) is 4.74 Å². The van der Waals surface area contributed by atoms with Gasteiger partial charge in [0.25, 0.3) is 0 Å². The van der Waals surface area contributed by atoms with E-state index in [1.165, 1.54) is 6.42 Å². The maximum absolute atomic E-state index is 14.1. The molecule has 1 heterocycles. The Morgan fingerprint density at radius 2 is 1.46 bits per heavy atom. The molecule has 26 heavy (non-hydrogen) atoms. The van der Waals surface area contributed by atoms with Gasteiger partial charge in [-0.1, -0.05) is 13.8 Å². The summed E-state index contributed by atoms with van der Waals surface area (Å²) < 4.78 is 72.1. The van der Waals surface area contributed by atoms with Gasteiger partial charge in [-0.05, 0) is 72.5 Å². The van der Waals surface area contributed by atoms with Crippen LogP contribution in [-0.4, -0.2) is 29.1 Å². The van der Waals surface area contributed by atoms with Crippen molar-refractivity contribution in [1.82, 2.24) is 0 Å². The van der Waals surface area contributed by atoms with Crippen molar-refractivity contribution in [3.8, 4) is 0 Å². The summed E-state index contributed by atoms with van der Waals surface area (Å²) in [5.74, 6) is -4.72. The summed E-state index contributed by atoms with van der Waals surface area (Å²) in [5, 5.41) is 9.63. The van der Waals surface area contributed by atoms with E-state index in [0.29, 0.717) is 47.8 Å². The second-order valence-electron chi connectivity index (χ2n) is 9.70. The van der Waals surface area contributed by atoms with E-state index in [0.717, 1.165) is 6.42 Å². The molecule has 4 saturated carbocycles. The molecule has 0 spiro atoms. The van der Waals surface area contributed by atoms with Gasteiger partial charge in [0.05, 0.1) is 6.10 Å². The van der Waals surface area contributed by atoms with Crippen molar-refractivity contribution in [2.75, 3.05) is 0 Å². The van der Waals surface area contributed by atoms with Gasteiger partial charge in [0, 0.05) is 6.42 Å². The van der Waals surface area contributed by atoms with Crippen LogP contribution in [0.5, 0.6) is 0 Å². The van der Waals surface area contributed by atoms with E-state index >= 15 is 0 Å². The number of hydrogen-bond donors (Lipinski definition) is 1. The molecular formula is C19H25F5O2. The van der Waals surface area contributed by atoms with Gasteiger partial charge >= 0.3 is 17.9 Å². The molecule has 1 saturated heterocycles. The molecule has 148 valence electrons. The first-order valence-electron chi connectivity index (χ1n) is 9.81. The number of aliphatic hydroxyl groups is 1. The minimum atomic E-state index is -5.50. The number of fused-ring (bicyclic) bond motifs is 9. The summed E-state index contributed by atoms with van der Waals surface area (Å²) in [4.78, 5) is 0. The standard InChI is InChI=1S/C19H25F5O2/c1-7-8(2)11-5-10(7)15-9-3-12(13(4-9)16(11)15)14-6-17(20,21)18(25,26-14)19(22,23)24/h7-16,25H,3-6H2,1-2H3. The lowest BCUT2D eigenvalue weighted by Crippen LogP contribution is -2.56. The van der Waals surface area contributed by atoms with Crippen LogP contribution in [-0.2, 0) is 4.74 Å². The molecule has 1 N–H and O–H groups in total. The van der Waals surface area contributed by atoms with Crippen molar-refractivity contribution in [2.45, 2.75) is 63.5 Å². The molecule has 0 aromatic rings. The van der Waals surface area contributed by atoms with Gasteiger partial charge in [-0.15, -0.1) is 0 Å². The summed E-state index contributed by atoms with van der Waals surface area (Å²) in [6, 6.07) is 0. The van der Waals surface area contributed by atoms with Crippen LogP contribution in [0.15, 0.2) is 0 Å². The molecule has 4 bridgehead atoms. The number of halogens is 5. The van der Waals surface area contributed by atoms with Crippen LogP contribution in [0.1, 0.15) is 39.5 Å². The van der Waals surface area contributed by atoms with Crippen molar-refractivity contribution < 1.29 is 31.8 Å². The predicted octanol–water partition coefficient (Wildman–Crippen LogP) is 4.47. The summed E-state index contributed by atoms with van der Waals surface area (Å²) >= 11 is 0. The Bertz CT molecular complexity index is 622. The zero-order valence-electron chi connectivity index (χ0n) is 14.8. The molecule has 11 atom stereocenters. The Hall–Kier alpha value is -0.430. The Balaban J connectivity index is 1.40. The summed E-state index contributed by atoms with van der Waals surface area (Å²) in [6.07, 6.45) is -4.95. The number of hydrogen-bond acceptors (Lipinski definition) is 2. The predicted molar refractivity (Wildman–Crippen MR) is 82.1 cm³/mol. The van der Waals surface area contributed by atoms with E-state index in [9.17, 15) is 27.1 Å². The number of ether oxygens (including phenoxy) is 1. The minimum absolute atomic E-state index is 0.173. The van der Waals surface area contributed by atoms with E-state index in [1.54, 1.807) is 0 Å². The van der Waals surface area contributed by atoms with Gasteiger partial charge in [-0.2, -0.15) is 13.2 Å². The lowest BCUT2D eigenvalue weighted by molar-refractivity contribution is -0.408. The summed E-state index contributed by atoms with van der Waals surface area (Å²) in [5.41, 5.74) is 0. The first kappa shape index (κ1) is 17.7. The second kappa shape index (κ2) is 4.94. The maximum atomic E-state index is 14.1. The van der Waals surface area contributed by atoms with Crippen molar-refractivity contribution in [2.24, 2.45) is 53.3 Å². The number of alkyl halides is 5. The van der Waals surface area contributed by atoms with Gasteiger partial charge < -0.3 is 9.84 Å². The fraction of sp³-hybridized carbons (Fsp3) is 1.00. The molecule has 1 aliphatic heterocycles. The third-order valence-corrected chi connectivity index (χ3v) is 9.03. The highest BCUT2D eigenvalue weighted by Crippen LogP contribution is 2.72. The molecule has 0 aromatic heterocycles.